The number of fused-ring (bicyclic) bond motifs is 1. The van der Waals surface area contributed by atoms with Crippen LogP contribution in [0.15, 0.2) is 47.4 Å². The maximum absolute atomic E-state index is 12.7. The molecule has 0 unspecified atom stereocenters. The first-order valence-corrected chi connectivity index (χ1v) is 7.88. The van der Waals surface area contributed by atoms with Crippen molar-refractivity contribution in [3.63, 3.8) is 0 Å². The Kier molecular flexibility index (Phi) is 2.98. The van der Waals surface area contributed by atoms with Crippen LogP contribution in [0.2, 0.25) is 0 Å². The second-order valence-corrected chi connectivity index (χ2v) is 6.74. The Labute approximate surface area is 123 Å². The monoisotopic (exact) mass is 302 g/mol. The molecular formula is C15H14N2O3S. The van der Waals surface area contributed by atoms with Crippen LogP contribution in [0.5, 0.6) is 0 Å². The zero-order valence-electron chi connectivity index (χ0n) is 11.6. The van der Waals surface area contributed by atoms with E-state index in [-0.39, 0.29) is 4.90 Å². The van der Waals surface area contributed by atoms with Crippen molar-refractivity contribution in [3.05, 3.63) is 53.6 Å². The van der Waals surface area contributed by atoms with Gasteiger partial charge in [-0.1, -0.05) is 24.3 Å². The number of urea groups is 1. The molecule has 0 aliphatic carbocycles. The number of nitrogens with one attached hydrogen (secondary N) is 1. The maximum atomic E-state index is 12.7. The molecule has 1 aliphatic rings. The van der Waals surface area contributed by atoms with Crippen LogP contribution in [-0.2, 0) is 10.0 Å². The summed E-state index contributed by atoms with van der Waals surface area (Å²) in [6.45, 7) is 3.63. The lowest BCUT2D eigenvalue weighted by Crippen LogP contribution is -2.44. The standard InChI is InChI=1S/C15H14N2O3S/c1-10-7-8-11(2)13(9-10)17-15(18)16-12-5-3-4-6-14(12)21(17,19)20/h3-9H,1-2H3,(H,16,18). The minimum absolute atomic E-state index is 0.102. The Morgan fingerprint density at radius 2 is 1.76 bits per heavy atom. The number of benzene rings is 2. The van der Waals surface area contributed by atoms with Crippen molar-refractivity contribution in [2.75, 3.05) is 9.62 Å². The van der Waals surface area contributed by atoms with Gasteiger partial charge in [0, 0.05) is 0 Å². The summed E-state index contributed by atoms with van der Waals surface area (Å²) in [5.41, 5.74) is 2.29. The molecule has 2 amide bonds. The number of nitrogens with zero attached hydrogens (tertiary/aromatic N) is 1. The Bertz CT molecular complexity index is 844. The Morgan fingerprint density at radius 3 is 2.52 bits per heavy atom. The van der Waals surface area contributed by atoms with E-state index in [0.29, 0.717) is 11.4 Å². The molecule has 108 valence electrons. The van der Waals surface area contributed by atoms with Crippen molar-refractivity contribution in [1.82, 2.24) is 0 Å². The number of hydrogen-bond donors (Lipinski definition) is 1. The maximum Gasteiger partial charge on any atom is 0.340 e. The van der Waals surface area contributed by atoms with E-state index in [0.717, 1.165) is 15.4 Å². The molecule has 0 spiro atoms. The summed E-state index contributed by atoms with van der Waals surface area (Å²) in [4.78, 5) is 12.4. The largest absolute Gasteiger partial charge is 0.340 e. The summed E-state index contributed by atoms with van der Waals surface area (Å²) < 4.78 is 26.3. The first-order valence-electron chi connectivity index (χ1n) is 6.44. The SMILES string of the molecule is Cc1ccc(C)c(N2C(=O)Nc3ccccc3S2(=O)=O)c1. The second kappa shape index (κ2) is 4.60. The molecule has 1 N–H and O–H groups in total. The predicted molar refractivity (Wildman–Crippen MR) is 81.0 cm³/mol. The summed E-state index contributed by atoms with van der Waals surface area (Å²) in [6, 6.07) is 11.1. The van der Waals surface area contributed by atoms with Crippen LogP contribution in [0.1, 0.15) is 11.1 Å². The molecular weight excluding hydrogens is 288 g/mol. The molecule has 1 heterocycles. The fourth-order valence-corrected chi connectivity index (χ4v) is 3.91. The molecule has 6 heteroatoms. The zero-order valence-corrected chi connectivity index (χ0v) is 12.4. The van der Waals surface area contributed by atoms with Gasteiger partial charge in [0.15, 0.2) is 0 Å². The lowest BCUT2D eigenvalue weighted by atomic mass is 10.1. The van der Waals surface area contributed by atoms with Crippen molar-refractivity contribution in [2.45, 2.75) is 18.7 Å². The zero-order chi connectivity index (χ0) is 15.2. The smallest absolute Gasteiger partial charge is 0.305 e. The van der Waals surface area contributed by atoms with Gasteiger partial charge in [0.05, 0.1) is 11.4 Å². The summed E-state index contributed by atoms with van der Waals surface area (Å²) in [5, 5.41) is 2.62. The summed E-state index contributed by atoms with van der Waals surface area (Å²) in [7, 11) is -3.90. The van der Waals surface area contributed by atoms with Gasteiger partial charge in [0.2, 0.25) is 0 Å². The molecule has 0 fully saturated rings. The summed E-state index contributed by atoms with van der Waals surface area (Å²) in [6.07, 6.45) is 0. The minimum Gasteiger partial charge on any atom is -0.305 e. The quantitative estimate of drug-likeness (QED) is 0.880. The van der Waals surface area contributed by atoms with Crippen LogP contribution in [0.3, 0.4) is 0 Å². The topological polar surface area (TPSA) is 66.5 Å². The first-order chi connectivity index (χ1) is 9.91. The normalized spacial score (nSPS) is 16.3. The highest BCUT2D eigenvalue weighted by Crippen LogP contribution is 2.35. The molecule has 3 rings (SSSR count). The van der Waals surface area contributed by atoms with Gasteiger partial charge in [-0.15, -0.1) is 0 Å². The number of para-hydroxylation sites is 1. The van der Waals surface area contributed by atoms with E-state index in [1.165, 1.54) is 6.07 Å². The van der Waals surface area contributed by atoms with Gasteiger partial charge in [0.1, 0.15) is 4.90 Å². The molecule has 0 saturated heterocycles. The van der Waals surface area contributed by atoms with Gasteiger partial charge in [-0.25, -0.2) is 13.2 Å². The third-order valence-corrected chi connectivity index (χ3v) is 5.17. The molecule has 0 saturated carbocycles. The molecule has 2 aromatic rings. The predicted octanol–water partition coefficient (Wildman–Crippen LogP) is 3.04. The first kappa shape index (κ1) is 13.6. The van der Waals surface area contributed by atoms with Gasteiger partial charge in [-0.2, -0.15) is 4.31 Å². The van der Waals surface area contributed by atoms with Crippen molar-refractivity contribution < 1.29 is 13.2 Å². The van der Waals surface area contributed by atoms with Crippen LogP contribution in [0.25, 0.3) is 0 Å². The molecule has 2 aromatic carbocycles. The van der Waals surface area contributed by atoms with E-state index in [9.17, 15) is 13.2 Å². The van der Waals surface area contributed by atoms with Gasteiger partial charge in [-0.3, -0.25) is 0 Å². The number of rotatable bonds is 1. The van der Waals surface area contributed by atoms with E-state index in [1.807, 2.05) is 13.0 Å². The molecule has 0 radical (unpaired) electrons. The number of amides is 2. The van der Waals surface area contributed by atoms with E-state index in [2.05, 4.69) is 5.32 Å². The van der Waals surface area contributed by atoms with Crippen LogP contribution >= 0.6 is 0 Å². The molecule has 0 atom stereocenters. The van der Waals surface area contributed by atoms with Crippen LogP contribution in [-0.4, -0.2) is 14.4 Å². The van der Waals surface area contributed by atoms with Crippen molar-refractivity contribution in [2.24, 2.45) is 0 Å². The molecule has 1 aliphatic heterocycles. The average Bonchev–Trinajstić information content (AvgIpc) is 2.42. The Balaban J connectivity index is 2.25. The van der Waals surface area contributed by atoms with E-state index in [1.54, 1.807) is 37.3 Å². The fraction of sp³-hybridized carbons (Fsp3) is 0.133. The fourth-order valence-electron chi connectivity index (χ4n) is 2.35. The minimum atomic E-state index is -3.90. The number of sulfonamides is 1. The van der Waals surface area contributed by atoms with Crippen LogP contribution in [0.4, 0.5) is 16.2 Å². The highest BCUT2D eigenvalue weighted by Gasteiger charge is 2.38. The van der Waals surface area contributed by atoms with Crippen LogP contribution in [0, 0.1) is 13.8 Å². The Morgan fingerprint density at radius 1 is 1.05 bits per heavy atom. The van der Waals surface area contributed by atoms with Crippen molar-refractivity contribution >= 4 is 27.4 Å². The van der Waals surface area contributed by atoms with Crippen molar-refractivity contribution in [3.8, 4) is 0 Å². The highest BCUT2D eigenvalue weighted by molar-refractivity contribution is 7.94. The second-order valence-electron chi connectivity index (χ2n) is 4.99. The summed E-state index contributed by atoms with van der Waals surface area (Å²) in [5.74, 6) is 0. The lowest BCUT2D eigenvalue weighted by Gasteiger charge is -2.29. The number of anilines is 2. The summed E-state index contributed by atoms with van der Waals surface area (Å²) >= 11 is 0. The average molecular weight is 302 g/mol. The third-order valence-electron chi connectivity index (χ3n) is 3.41. The number of hydrogen-bond acceptors (Lipinski definition) is 3. The van der Waals surface area contributed by atoms with E-state index in [4.69, 9.17) is 0 Å². The Hall–Kier alpha value is -2.34. The number of carbonyl (C=O) groups excluding carboxylic acids is 1. The van der Waals surface area contributed by atoms with Crippen molar-refractivity contribution in [1.29, 1.82) is 0 Å². The van der Waals surface area contributed by atoms with Gasteiger partial charge < -0.3 is 5.32 Å². The van der Waals surface area contributed by atoms with Crippen LogP contribution < -0.4 is 9.62 Å². The van der Waals surface area contributed by atoms with E-state index >= 15 is 0 Å². The lowest BCUT2D eigenvalue weighted by molar-refractivity contribution is 0.259. The molecule has 5 nitrogen and oxygen atoms in total. The number of aryl methyl sites for hydroxylation is 2. The van der Waals surface area contributed by atoms with Gasteiger partial charge >= 0.3 is 6.03 Å². The van der Waals surface area contributed by atoms with Gasteiger partial charge in [0.25, 0.3) is 10.0 Å². The molecule has 21 heavy (non-hydrogen) atoms. The third kappa shape index (κ3) is 2.08. The number of carbonyl (C=O) groups is 1. The highest BCUT2D eigenvalue weighted by atomic mass is 32.2. The van der Waals surface area contributed by atoms with E-state index < -0.39 is 16.1 Å². The molecule has 0 bridgehead atoms. The van der Waals surface area contributed by atoms with Gasteiger partial charge in [-0.05, 0) is 43.2 Å². The molecule has 0 aromatic heterocycles.